The van der Waals surface area contributed by atoms with Crippen molar-refractivity contribution in [1.29, 1.82) is 0 Å². The van der Waals surface area contributed by atoms with Crippen LogP contribution in [0.5, 0.6) is 0 Å². The minimum atomic E-state index is -3.27. The molecule has 0 aromatic heterocycles. The Morgan fingerprint density at radius 1 is 1.25 bits per heavy atom. The summed E-state index contributed by atoms with van der Waals surface area (Å²) in [5, 5.41) is 0.941. The molecule has 0 N–H and O–H groups in total. The van der Waals surface area contributed by atoms with Gasteiger partial charge >= 0.3 is 0 Å². The molecular formula is C8H7BrO2S. The van der Waals surface area contributed by atoms with Crippen LogP contribution in [0.2, 0.25) is 0 Å². The van der Waals surface area contributed by atoms with Crippen molar-refractivity contribution in [2.24, 2.45) is 0 Å². The van der Waals surface area contributed by atoms with E-state index in [1.54, 1.807) is 12.1 Å². The van der Waals surface area contributed by atoms with Gasteiger partial charge in [0.1, 0.15) is 0 Å². The molecule has 0 aliphatic rings. The summed E-state index contributed by atoms with van der Waals surface area (Å²) in [5.74, 6) is 0. The Bertz CT molecular complexity index is 378. The van der Waals surface area contributed by atoms with E-state index in [-0.39, 0.29) is 4.90 Å². The Morgan fingerprint density at radius 2 is 1.75 bits per heavy atom. The summed E-state index contributed by atoms with van der Waals surface area (Å²) in [6.07, 6.45) is 0. The predicted molar refractivity (Wildman–Crippen MR) is 51.5 cm³/mol. The maximum absolute atomic E-state index is 11.2. The van der Waals surface area contributed by atoms with Crippen LogP contribution < -0.4 is 0 Å². The third-order valence-electron chi connectivity index (χ3n) is 1.36. The molecule has 1 aromatic rings. The molecule has 0 aliphatic heterocycles. The molecule has 0 fully saturated rings. The van der Waals surface area contributed by atoms with Gasteiger partial charge in [0.25, 0.3) is 0 Å². The fourth-order valence-corrected chi connectivity index (χ4v) is 1.69. The lowest BCUT2D eigenvalue weighted by molar-refractivity contribution is 0.604. The zero-order chi connectivity index (χ0) is 9.19. The summed E-state index contributed by atoms with van der Waals surface area (Å²) < 4.78 is 23.2. The second-order valence-electron chi connectivity index (χ2n) is 2.17. The smallest absolute Gasteiger partial charge is 0.199 e. The molecule has 2 nitrogen and oxygen atoms in total. The Hall–Kier alpha value is -0.610. The van der Waals surface area contributed by atoms with Crippen LogP contribution in [0.15, 0.2) is 45.6 Å². The van der Waals surface area contributed by atoms with E-state index in [0.29, 0.717) is 0 Å². The van der Waals surface area contributed by atoms with Gasteiger partial charge in [0.2, 0.25) is 0 Å². The van der Waals surface area contributed by atoms with Gasteiger partial charge in [-0.2, -0.15) is 0 Å². The van der Waals surface area contributed by atoms with Crippen molar-refractivity contribution in [3.8, 4) is 0 Å². The quantitative estimate of drug-likeness (QED) is 0.803. The number of benzene rings is 1. The Labute approximate surface area is 80.0 Å². The number of halogens is 1. The van der Waals surface area contributed by atoms with E-state index in [2.05, 4.69) is 22.5 Å². The zero-order valence-electron chi connectivity index (χ0n) is 6.20. The van der Waals surface area contributed by atoms with Gasteiger partial charge in [0.05, 0.1) is 4.90 Å². The highest BCUT2D eigenvalue weighted by Crippen LogP contribution is 2.15. The molecular weight excluding hydrogens is 240 g/mol. The van der Waals surface area contributed by atoms with Gasteiger partial charge in [0.15, 0.2) is 9.84 Å². The lowest BCUT2D eigenvalue weighted by Crippen LogP contribution is -1.94. The highest BCUT2D eigenvalue weighted by molar-refractivity contribution is 9.10. The average Bonchev–Trinajstić information content (AvgIpc) is 2.05. The van der Waals surface area contributed by atoms with E-state index in [9.17, 15) is 8.42 Å². The molecule has 0 amide bonds. The van der Waals surface area contributed by atoms with Crippen molar-refractivity contribution in [2.75, 3.05) is 0 Å². The number of hydrogen-bond acceptors (Lipinski definition) is 2. The van der Waals surface area contributed by atoms with Crippen LogP contribution >= 0.6 is 15.9 Å². The van der Waals surface area contributed by atoms with E-state index >= 15 is 0 Å². The SMILES string of the molecule is C=CS(=O)(=O)c1ccc(Br)cc1. The van der Waals surface area contributed by atoms with Crippen molar-refractivity contribution >= 4 is 25.8 Å². The number of sulfone groups is 1. The van der Waals surface area contributed by atoms with Crippen LogP contribution in [0.3, 0.4) is 0 Å². The van der Waals surface area contributed by atoms with Crippen LogP contribution in [0.25, 0.3) is 0 Å². The van der Waals surface area contributed by atoms with Gasteiger partial charge in [-0.3, -0.25) is 0 Å². The second-order valence-corrected chi connectivity index (χ2v) is 4.98. The normalized spacial score (nSPS) is 11.1. The minimum Gasteiger partial charge on any atom is -0.219 e. The standard InChI is InChI=1S/C8H7BrO2S/c1-2-12(10,11)8-5-3-7(9)4-6-8/h2-6H,1H2. The molecule has 0 spiro atoms. The molecule has 0 saturated carbocycles. The van der Waals surface area contributed by atoms with Crippen molar-refractivity contribution in [3.63, 3.8) is 0 Å². The summed E-state index contributed by atoms with van der Waals surface area (Å²) in [4.78, 5) is 0.265. The van der Waals surface area contributed by atoms with Crippen LogP contribution in [0.4, 0.5) is 0 Å². The van der Waals surface area contributed by atoms with E-state index < -0.39 is 9.84 Å². The minimum absolute atomic E-state index is 0.265. The summed E-state index contributed by atoms with van der Waals surface area (Å²) >= 11 is 3.21. The van der Waals surface area contributed by atoms with E-state index in [4.69, 9.17) is 0 Å². The molecule has 0 radical (unpaired) electrons. The first-order chi connectivity index (χ1) is 5.56. The maximum Gasteiger partial charge on any atom is 0.199 e. The summed E-state index contributed by atoms with van der Waals surface area (Å²) in [7, 11) is -3.27. The Morgan fingerprint density at radius 3 is 2.17 bits per heavy atom. The lowest BCUT2D eigenvalue weighted by atomic mass is 10.4. The van der Waals surface area contributed by atoms with Gasteiger partial charge in [-0.1, -0.05) is 22.5 Å². The molecule has 1 aromatic carbocycles. The summed E-state index contributed by atoms with van der Waals surface area (Å²) in [6.45, 7) is 3.23. The second kappa shape index (κ2) is 3.41. The third-order valence-corrected chi connectivity index (χ3v) is 3.26. The maximum atomic E-state index is 11.2. The molecule has 12 heavy (non-hydrogen) atoms. The molecule has 0 bridgehead atoms. The predicted octanol–water partition coefficient (Wildman–Crippen LogP) is 2.37. The number of rotatable bonds is 2. The molecule has 0 atom stereocenters. The molecule has 1 rings (SSSR count). The fraction of sp³-hybridized carbons (Fsp3) is 0. The van der Waals surface area contributed by atoms with Gasteiger partial charge in [-0.15, -0.1) is 0 Å². The van der Waals surface area contributed by atoms with Gasteiger partial charge in [0, 0.05) is 9.88 Å². The summed E-state index contributed by atoms with van der Waals surface area (Å²) in [5.41, 5.74) is 0. The number of hydrogen-bond donors (Lipinski definition) is 0. The molecule has 0 unspecified atom stereocenters. The largest absolute Gasteiger partial charge is 0.219 e. The highest BCUT2D eigenvalue weighted by Gasteiger charge is 2.07. The van der Waals surface area contributed by atoms with Crippen LogP contribution in [0, 0.1) is 0 Å². The summed E-state index contributed by atoms with van der Waals surface area (Å²) in [6, 6.07) is 6.41. The molecule has 0 aliphatic carbocycles. The van der Waals surface area contributed by atoms with Crippen molar-refractivity contribution < 1.29 is 8.42 Å². The van der Waals surface area contributed by atoms with Crippen LogP contribution in [0.1, 0.15) is 0 Å². The highest BCUT2D eigenvalue weighted by atomic mass is 79.9. The first kappa shape index (κ1) is 9.48. The Balaban J connectivity index is 3.23. The fourth-order valence-electron chi connectivity index (χ4n) is 0.721. The average molecular weight is 247 g/mol. The molecule has 0 heterocycles. The van der Waals surface area contributed by atoms with Gasteiger partial charge < -0.3 is 0 Å². The van der Waals surface area contributed by atoms with E-state index in [1.807, 2.05) is 0 Å². The van der Waals surface area contributed by atoms with Crippen molar-refractivity contribution in [1.82, 2.24) is 0 Å². The first-order valence-electron chi connectivity index (χ1n) is 3.19. The third kappa shape index (κ3) is 1.95. The zero-order valence-corrected chi connectivity index (χ0v) is 8.60. The Kier molecular flexibility index (Phi) is 2.69. The molecule has 64 valence electrons. The molecule has 4 heteroatoms. The molecule has 0 saturated heterocycles. The van der Waals surface area contributed by atoms with E-state index in [1.165, 1.54) is 12.1 Å². The van der Waals surface area contributed by atoms with Gasteiger partial charge in [-0.25, -0.2) is 8.42 Å². The van der Waals surface area contributed by atoms with Crippen molar-refractivity contribution in [2.45, 2.75) is 4.90 Å². The van der Waals surface area contributed by atoms with Crippen LogP contribution in [-0.4, -0.2) is 8.42 Å². The van der Waals surface area contributed by atoms with E-state index in [0.717, 1.165) is 9.88 Å². The lowest BCUT2D eigenvalue weighted by Gasteiger charge is -1.97. The monoisotopic (exact) mass is 246 g/mol. The first-order valence-corrected chi connectivity index (χ1v) is 5.53. The van der Waals surface area contributed by atoms with Gasteiger partial charge in [-0.05, 0) is 24.3 Å². The van der Waals surface area contributed by atoms with Crippen LogP contribution in [-0.2, 0) is 9.84 Å². The van der Waals surface area contributed by atoms with Crippen molar-refractivity contribution in [3.05, 3.63) is 40.7 Å². The topological polar surface area (TPSA) is 34.1 Å².